The third-order valence-electron chi connectivity index (χ3n) is 10.7. The number of aliphatic hydroxyl groups is 2. The fourth-order valence-corrected chi connectivity index (χ4v) is 8.92. The molecule has 0 unspecified atom stereocenters. The highest BCUT2D eigenvalue weighted by atomic mass is 16.3. The van der Waals surface area contributed by atoms with E-state index in [-0.39, 0.29) is 0 Å². The smallest absolute Gasteiger partial charge is 0.0657 e. The van der Waals surface area contributed by atoms with Crippen molar-refractivity contribution in [2.45, 2.75) is 117 Å². The van der Waals surface area contributed by atoms with E-state index in [4.69, 9.17) is 0 Å². The first-order valence-corrected chi connectivity index (χ1v) is 12.9. The summed E-state index contributed by atoms with van der Waals surface area (Å²) in [6.45, 7) is 16.1. The number of hydrogen-bond acceptors (Lipinski definition) is 2. The van der Waals surface area contributed by atoms with Gasteiger partial charge in [0.25, 0.3) is 0 Å². The van der Waals surface area contributed by atoms with Crippen molar-refractivity contribution < 1.29 is 10.2 Å². The molecular formula is C28H48O2. The molecule has 0 radical (unpaired) electrons. The van der Waals surface area contributed by atoms with Crippen LogP contribution in [0.1, 0.15) is 106 Å². The van der Waals surface area contributed by atoms with E-state index in [9.17, 15) is 10.2 Å². The van der Waals surface area contributed by atoms with Crippen LogP contribution in [0.25, 0.3) is 0 Å². The van der Waals surface area contributed by atoms with Gasteiger partial charge in [-0.1, -0.05) is 39.3 Å². The Labute approximate surface area is 185 Å². The largest absolute Gasteiger partial charge is 0.390 e. The van der Waals surface area contributed by atoms with Gasteiger partial charge in [0.2, 0.25) is 0 Å². The minimum atomic E-state index is -0.541. The molecule has 4 aliphatic rings. The van der Waals surface area contributed by atoms with E-state index < -0.39 is 11.2 Å². The Hall–Kier alpha value is -0.340. The molecule has 0 saturated heterocycles. The summed E-state index contributed by atoms with van der Waals surface area (Å²) in [7, 11) is 0. The summed E-state index contributed by atoms with van der Waals surface area (Å²) in [5, 5.41) is 21.0. The molecule has 172 valence electrons. The molecule has 4 aliphatic carbocycles. The minimum absolute atomic E-state index is 0.311. The van der Waals surface area contributed by atoms with E-state index in [2.05, 4.69) is 33.8 Å². The summed E-state index contributed by atoms with van der Waals surface area (Å²) in [5.41, 5.74) is 1.31. The average Bonchev–Trinajstić information content (AvgIpc) is 2.97. The molecule has 3 fully saturated rings. The zero-order chi connectivity index (χ0) is 22.1. The van der Waals surface area contributed by atoms with Crippen LogP contribution in [0, 0.1) is 46.3 Å². The average molecular weight is 417 g/mol. The maximum atomic E-state index is 10.7. The fourth-order valence-electron chi connectivity index (χ4n) is 8.92. The van der Waals surface area contributed by atoms with Crippen molar-refractivity contribution in [1.29, 1.82) is 0 Å². The molecule has 0 aliphatic heterocycles. The fraction of sp³-hybridized carbons (Fsp3) is 0.929. The van der Waals surface area contributed by atoms with Crippen LogP contribution in [0.4, 0.5) is 0 Å². The predicted molar refractivity (Wildman–Crippen MR) is 125 cm³/mol. The lowest BCUT2D eigenvalue weighted by molar-refractivity contribution is -0.0846. The van der Waals surface area contributed by atoms with Crippen molar-refractivity contribution in [3.05, 3.63) is 11.6 Å². The Bertz CT molecular complexity index is 685. The lowest BCUT2D eigenvalue weighted by Gasteiger charge is -2.60. The zero-order valence-corrected chi connectivity index (χ0v) is 20.8. The van der Waals surface area contributed by atoms with Crippen LogP contribution in [0.2, 0.25) is 0 Å². The van der Waals surface area contributed by atoms with Gasteiger partial charge >= 0.3 is 0 Å². The molecule has 3 saturated carbocycles. The van der Waals surface area contributed by atoms with E-state index in [1.807, 2.05) is 20.8 Å². The van der Waals surface area contributed by atoms with Crippen LogP contribution in [0.3, 0.4) is 0 Å². The second-order valence-electron chi connectivity index (χ2n) is 13.5. The first kappa shape index (κ1) is 22.8. The number of rotatable bonds is 4. The van der Waals surface area contributed by atoms with Crippen molar-refractivity contribution in [3.63, 3.8) is 0 Å². The van der Waals surface area contributed by atoms with Crippen molar-refractivity contribution in [2.24, 2.45) is 46.3 Å². The molecule has 0 heterocycles. The van der Waals surface area contributed by atoms with Gasteiger partial charge < -0.3 is 10.2 Å². The van der Waals surface area contributed by atoms with Gasteiger partial charge in [0.15, 0.2) is 0 Å². The number of fused-ring (bicyclic) bond motifs is 5. The van der Waals surface area contributed by atoms with Crippen molar-refractivity contribution in [1.82, 2.24) is 0 Å². The Morgan fingerprint density at radius 2 is 1.77 bits per heavy atom. The van der Waals surface area contributed by atoms with Gasteiger partial charge in [-0.05, 0) is 125 Å². The van der Waals surface area contributed by atoms with Gasteiger partial charge in [0, 0.05) is 0 Å². The van der Waals surface area contributed by atoms with Crippen molar-refractivity contribution >= 4 is 0 Å². The Morgan fingerprint density at radius 1 is 1.07 bits per heavy atom. The summed E-state index contributed by atoms with van der Waals surface area (Å²) in [6.07, 6.45) is 13.2. The molecule has 9 atom stereocenters. The molecule has 0 aromatic heterocycles. The van der Waals surface area contributed by atoms with Crippen LogP contribution in [-0.4, -0.2) is 21.4 Å². The molecule has 0 aromatic carbocycles. The van der Waals surface area contributed by atoms with Gasteiger partial charge in [-0.15, -0.1) is 0 Å². The normalized spacial score (nSPS) is 49.6. The highest BCUT2D eigenvalue weighted by molar-refractivity contribution is 5.28. The lowest BCUT2D eigenvalue weighted by atomic mass is 9.44. The van der Waals surface area contributed by atoms with Crippen molar-refractivity contribution in [2.75, 3.05) is 0 Å². The maximum absolute atomic E-state index is 10.7. The van der Waals surface area contributed by atoms with Gasteiger partial charge in [-0.25, -0.2) is 0 Å². The number of hydrogen-bond donors (Lipinski definition) is 2. The number of allylic oxidation sites excluding steroid dienone is 1. The van der Waals surface area contributed by atoms with Crippen LogP contribution in [-0.2, 0) is 0 Å². The molecule has 0 spiro atoms. The molecule has 2 nitrogen and oxygen atoms in total. The maximum Gasteiger partial charge on any atom is 0.0657 e. The summed E-state index contributed by atoms with van der Waals surface area (Å²) in [5.74, 6) is 4.61. The van der Waals surface area contributed by atoms with Crippen molar-refractivity contribution in [3.8, 4) is 0 Å². The molecule has 30 heavy (non-hydrogen) atoms. The van der Waals surface area contributed by atoms with Crippen LogP contribution < -0.4 is 0 Å². The van der Waals surface area contributed by atoms with Gasteiger partial charge in [-0.2, -0.15) is 0 Å². The molecular weight excluding hydrogens is 368 g/mol. The van der Waals surface area contributed by atoms with E-state index in [1.165, 1.54) is 25.7 Å². The molecule has 4 rings (SSSR count). The highest BCUT2D eigenvalue weighted by Crippen LogP contribution is 2.68. The third-order valence-corrected chi connectivity index (χ3v) is 10.7. The summed E-state index contributed by atoms with van der Waals surface area (Å²) < 4.78 is 0. The quantitative estimate of drug-likeness (QED) is 0.498. The lowest BCUT2D eigenvalue weighted by Crippen LogP contribution is -2.54. The van der Waals surface area contributed by atoms with Crippen LogP contribution in [0.5, 0.6) is 0 Å². The molecule has 2 heteroatoms. The van der Waals surface area contributed by atoms with Gasteiger partial charge in [0.1, 0.15) is 0 Å². The topological polar surface area (TPSA) is 40.5 Å². The Kier molecular flexibility index (Phi) is 5.59. The van der Waals surface area contributed by atoms with Gasteiger partial charge in [0.05, 0.1) is 11.2 Å². The third kappa shape index (κ3) is 3.72. The van der Waals surface area contributed by atoms with Gasteiger partial charge in [-0.3, -0.25) is 0 Å². The first-order valence-electron chi connectivity index (χ1n) is 12.9. The second-order valence-corrected chi connectivity index (χ2v) is 13.5. The van der Waals surface area contributed by atoms with Crippen LogP contribution >= 0.6 is 0 Å². The predicted octanol–water partition coefficient (Wildman–Crippen LogP) is 6.75. The standard InChI is InChI=1S/C28H48O2/c1-18(10-12-25(3,4)29)21-8-9-22-24-19(2)16-20-17-26(5,30)14-15-27(20,6)23(24)11-13-28(21,22)7/h16,18-19,21-24,29-30H,8-15,17H2,1-7H3/t18-,19+,21-,22+,23+,24+,26+,27+,28-/m1/s1. The monoisotopic (exact) mass is 416 g/mol. The SMILES string of the molecule is C[C@H](CCC(C)(C)O)[C@H]1CC[C@H]2[C@@H]3[C@@H](C)C=C4C[C@@](C)(O)CC[C@]4(C)[C@H]3CC[C@]12C. The second kappa shape index (κ2) is 7.34. The van der Waals surface area contributed by atoms with E-state index in [0.29, 0.717) is 22.7 Å². The summed E-state index contributed by atoms with van der Waals surface area (Å²) in [4.78, 5) is 0. The van der Waals surface area contributed by atoms with Crippen LogP contribution in [0.15, 0.2) is 11.6 Å². The van der Waals surface area contributed by atoms with E-state index in [0.717, 1.165) is 55.8 Å². The molecule has 2 N–H and O–H groups in total. The Morgan fingerprint density at radius 3 is 2.43 bits per heavy atom. The first-order chi connectivity index (χ1) is 13.8. The minimum Gasteiger partial charge on any atom is -0.390 e. The summed E-state index contributed by atoms with van der Waals surface area (Å²) >= 11 is 0. The summed E-state index contributed by atoms with van der Waals surface area (Å²) in [6, 6.07) is 0. The molecule has 0 amide bonds. The van der Waals surface area contributed by atoms with E-state index in [1.54, 1.807) is 5.57 Å². The van der Waals surface area contributed by atoms with E-state index >= 15 is 0 Å². The Balaban J connectivity index is 1.57. The molecule has 0 aromatic rings. The zero-order valence-electron chi connectivity index (χ0n) is 20.8. The highest BCUT2D eigenvalue weighted by Gasteiger charge is 2.61. The molecule has 0 bridgehead atoms.